The molecule has 3 aromatic rings. The van der Waals surface area contributed by atoms with Gasteiger partial charge in [0.2, 0.25) is 0 Å². The Morgan fingerprint density at radius 2 is 0.650 bits per heavy atom. The Kier molecular flexibility index (Phi) is 5.40. The SMILES string of the molecule is N.c1cc[c]([Sb]([c]2ccccc2)[c]2ccccc2)cc1. The molecule has 0 amide bonds. The topological polar surface area (TPSA) is 35.0 Å². The molecule has 0 aliphatic carbocycles. The molecule has 0 unspecified atom stereocenters. The van der Waals surface area contributed by atoms with Gasteiger partial charge in [-0.15, -0.1) is 0 Å². The van der Waals surface area contributed by atoms with Crippen molar-refractivity contribution >= 4 is 30.7 Å². The molecule has 0 bridgehead atoms. The average molecular weight is 370 g/mol. The molecule has 0 aromatic heterocycles. The molecule has 0 atom stereocenters. The summed E-state index contributed by atoms with van der Waals surface area (Å²) in [6, 6.07) is 32.9. The van der Waals surface area contributed by atoms with E-state index in [9.17, 15) is 0 Å². The van der Waals surface area contributed by atoms with Crippen molar-refractivity contribution in [3.8, 4) is 0 Å². The molecule has 1 nitrogen and oxygen atoms in total. The second-order valence-electron chi connectivity index (χ2n) is 4.34. The van der Waals surface area contributed by atoms with Crippen molar-refractivity contribution in [1.82, 2.24) is 6.15 Å². The van der Waals surface area contributed by atoms with Crippen LogP contribution in [0.15, 0.2) is 91.0 Å². The normalized spacial score (nSPS) is 10.1. The second-order valence-corrected chi connectivity index (χ2v) is 10.7. The molecule has 0 saturated carbocycles. The van der Waals surface area contributed by atoms with Gasteiger partial charge in [-0.25, -0.2) is 0 Å². The molecule has 0 aliphatic rings. The fourth-order valence-electron chi connectivity index (χ4n) is 2.18. The van der Waals surface area contributed by atoms with Crippen molar-refractivity contribution < 1.29 is 0 Å². The van der Waals surface area contributed by atoms with Gasteiger partial charge in [-0.3, -0.25) is 0 Å². The van der Waals surface area contributed by atoms with Gasteiger partial charge in [-0.2, -0.15) is 0 Å². The van der Waals surface area contributed by atoms with Crippen LogP contribution in [0.5, 0.6) is 0 Å². The standard InChI is InChI=1S/3C6H5.H3N.Sb/c3*1-2-4-6-5-3-1;;/h3*1-5H;1H3;. The monoisotopic (exact) mass is 369 g/mol. The minimum atomic E-state index is -1.83. The van der Waals surface area contributed by atoms with E-state index in [0.717, 1.165) is 0 Å². The molecule has 3 rings (SSSR count). The third-order valence-electron chi connectivity index (χ3n) is 3.04. The molecule has 0 fully saturated rings. The van der Waals surface area contributed by atoms with Crippen LogP contribution in [0.3, 0.4) is 0 Å². The maximum absolute atomic E-state index is 2.28. The third-order valence-corrected chi connectivity index (χ3v) is 10.0. The first-order chi connectivity index (χ1) is 9.45. The maximum atomic E-state index is 2.28. The van der Waals surface area contributed by atoms with E-state index in [1.165, 1.54) is 10.5 Å². The molecule has 0 radical (unpaired) electrons. The average Bonchev–Trinajstić information content (AvgIpc) is 2.51. The predicted molar refractivity (Wildman–Crippen MR) is 89.0 cm³/mol. The van der Waals surface area contributed by atoms with E-state index in [-0.39, 0.29) is 6.15 Å². The van der Waals surface area contributed by atoms with E-state index >= 15 is 0 Å². The van der Waals surface area contributed by atoms with Crippen LogP contribution in [-0.4, -0.2) is 20.2 Å². The number of hydrogen-bond acceptors (Lipinski definition) is 1. The Balaban J connectivity index is 0.00000147. The molecule has 3 aromatic carbocycles. The van der Waals surface area contributed by atoms with Gasteiger partial charge in [0.25, 0.3) is 0 Å². The molecular formula is C18H18NSb. The number of hydrogen-bond donors (Lipinski definition) is 1. The Morgan fingerprint density at radius 1 is 0.400 bits per heavy atom. The fraction of sp³-hybridized carbons (Fsp3) is 0. The summed E-state index contributed by atoms with van der Waals surface area (Å²) in [6.07, 6.45) is 0. The summed E-state index contributed by atoms with van der Waals surface area (Å²) >= 11 is -1.83. The molecule has 0 heterocycles. The molecule has 3 N–H and O–H groups in total. The second kappa shape index (κ2) is 7.28. The summed E-state index contributed by atoms with van der Waals surface area (Å²) in [6.45, 7) is 0. The fourth-order valence-corrected chi connectivity index (χ4v) is 8.76. The van der Waals surface area contributed by atoms with Crippen LogP contribution in [0.1, 0.15) is 0 Å². The van der Waals surface area contributed by atoms with Crippen molar-refractivity contribution in [3.63, 3.8) is 0 Å². The van der Waals surface area contributed by atoms with Gasteiger partial charge >= 0.3 is 122 Å². The van der Waals surface area contributed by atoms with Gasteiger partial charge in [0, 0.05) is 0 Å². The molecule has 0 spiro atoms. The van der Waals surface area contributed by atoms with Crippen LogP contribution < -0.4 is 16.7 Å². The first kappa shape index (κ1) is 14.8. The number of benzene rings is 3. The van der Waals surface area contributed by atoms with Crippen molar-refractivity contribution in [3.05, 3.63) is 91.0 Å². The van der Waals surface area contributed by atoms with Gasteiger partial charge in [-0.05, 0) is 0 Å². The Hall–Kier alpha value is -1.56. The van der Waals surface area contributed by atoms with E-state index in [0.29, 0.717) is 0 Å². The molecule has 100 valence electrons. The quantitative estimate of drug-likeness (QED) is 0.706. The predicted octanol–water partition coefficient (Wildman–Crippen LogP) is 2.36. The van der Waals surface area contributed by atoms with Crippen molar-refractivity contribution in [2.45, 2.75) is 0 Å². The van der Waals surface area contributed by atoms with E-state index in [1.54, 1.807) is 0 Å². The summed E-state index contributed by atoms with van der Waals surface area (Å²) in [5.74, 6) is 0. The van der Waals surface area contributed by atoms with E-state index < -0.39 is 20.2 Å². The molecule has 2 heteroatoms. The zero-order chi connectivity index (χ0) is 12.9. The molecule has 0 aliphatic heterocycles. The Labute approximate surface area is 127 Å². The van der Waals surface area contributed by atoms with Crippen molar-refractivity contribution in [2.24, 2.45) is 0 Å². The van der Waals surface area contributed by atoms with Crippen LogP contribution in [0, 0.1) is 0 Å². The summed E-state index contributed by atoms with van der Waals surface area (Å²) in [5, 5.41) is 0. The number of rotatable bonds is 3. The third kappa shape index (κ3) is 3.30. The summed E-state index contributed by atoms with van der Waals surface area (Å²) in [5.41, 5.74) is 0. The van der Waals surface area contributed by atoms with E-state index in [1.807, 2.05) is 0 Å². The minimum absolute atomic E-state index is 0. The van der Waals surface area contributed by atoms with Crippen LogP contribution in [0.2, 0.25) is 0 Å². The first-order valence-corrected chi connectivity index (χ1v) is 10.2. The summed E-state index contributed by atoms with van der Waals surface area (Å²) < 4.78 is 4.55. The molecular weight excluding hydrogens is 352 g/mol. The van der Waals surface area contributed by atoms with Crippen LogP contribution in [0.4, 0.5) is 0 Å². The summed E-state index contributed by atoms with van der Waals surface area (Å²) in [4.78, 5) is 0. The molecule has 0 saturated heterocycles. The Bertz CT molecular complexity index is 529. The van der Waals surface area contributed by atoms with Gasteiger partial charge in [0.1, 0.15) is 0 Å². The van der Waals surface area contributed by atoms with Crippen molar-refractivity contribution in [1.29, 1.82) is 0 Å². The molecule has 20 heavy (non-hydrogen) atoms. The van der Waals surface area contributed by atoms with Gasteiger partial charge < -0.3 is 6.15 Å². The van der Waals surface area contributed by atoms with Crippen molar-refractivity contribution in [2.75, 3.05) is 0 Å². The van der Waals surface area contributed by atoms with Gasteiger partial charge in [0.05, 0.1) is 0 Å². The van der Waals surface area contributed by atoms with Crippen LogP contribution in [0.25, 0.3) is 0 Å². The Morgan fingerprint density at radius 3 is 0.900 bits per heavy atom. The first-order valence-electron chi connectivity index (χ1n) is 6.40. The van der Waals surface area contributed by atoms with E-state index in [2.05, 4.69) is 91.0 Å². The summed E-state index contributed by atoms with van der Waals surface area (Å²) in [7, 11) is 0. The zero-order valence-corrected chi connectivity index (χ0v) is 13.9. The van der Waals surface area contributed by atoms with Gasteiger partial charge in [-0.1, -0.05) is 0 Å². The van der Waals surface area contributed by atoms with E-state index in [4.69, 9.17) is 0 Å². The van der Waals surface area contributed by atoms with Gasteiger partial charge in [0.15, 0.2) is 0 Å². The van der Waals surface area contributed by atoms with Crippen LogP contribution in [-0.2, 0) is 0 Å². The zero-order valence-electron chi connectivity index (χ0n) is 11.3. The van der Waals surface area contributed by atoms with Crippen LogP contribution >= 0.6 is 0 Å².